The molecule has 1 aliphatic heterocycles. The lowest BCUT2D eigenvalue weighted by atomic mass is 9.96. The summed E-state index contributed by atoms with van der Waals surface area (Å²) in [6, 6.07) is 0. The van der Waals surface area contributed by atoms with Crippen LogP contribution in [0.15, 0.2) is 0 Å². The molecule has 1 rings (SSSR count). The largest absolute Gasteiger partial charge is 0.391 e. The molecule has 0 aliphatic carbocycles. The maximum Gasteiger partial charge on any atom is 0.194 e. The van der Waals surface area contributed by atoms with Crippen LogP contribution in [0, 0.1) is 5.92 Å². The molecule has 0 amide bonds. The van der Waals surface area contributed by atoms with Gasteiger partial charge < -0.3 is 5.11 Å². The minimum Gasteiger partial charge on any atom is -0.391 e. The molecule has 10 heavy (non-hydrogen) atoms. The number of hydrogen-bond donors (Lipinski definition) is 1. The average Bonchev–Trinajstić information content (AvgIpc) is 1.95. The Kier molecular flexibility index (Phi) is 1.81. The van der Waals surface area contributed by atoms with E-state index in [1.54, 1.807) is 6.92 Å². The van der Waals surface area contributed by atoms with Crippen molar-refractivity contribution < 1.29 is 9.90 Å². The van der Waals surface area contributed by atoms with E-state index in [9.17, 15) is 9.90 Å². The van der Waals surface area contributed by atoms with Crippen LogP contribution in [0.25, 0.3) is 0 Å². The highest BCUT2D eigenvalue weighted by atomic mass is 32.2. The van der Waals surface area contributed by atoms with Gasteiger partial charge in [0.2, 0.25) is 0 Å². The SMILES string of the molecule is CC1C(=O)SC(C)(C)C1O. The zero-order valence-corrected chi connectivity index (χ0v) is 7.23. The van der Waals surface area contributed by atoms with E-state index in [0.29, 0.717) is 0 Å². The van der Waals surface area contributed by atoms with Crippen molar-refractivity contribution in [3.05, 3.63) is 0 Å². The van der Waals surface area contributed by atoms with Crippen molar-refractivity contribution in [1.82, 2.24) is 0 Å². The van der Waals surface area contributed by atoms with Gasteiger partial charge in [0.15, 0.2) is 5.12 Å². The van der Waals surface area contributed by atoms with Gasteiger partial charge in [0, 0.05) is 4.75 Å². The third-order valence-corrected chi connectivity index (χ3v) is 3.26. The van der Waals surface area contributed by atoms with Crippen molar-refractivity contribution >= 4 is 16.9 Å². The summed E-state index contributed by atoms with van der Waals surface area (Å²) >= 11 is 1.25. The zero-order valence-electron chi connectivity index (χ0n) is 6.42. The molecule has 0 bridgehead atoms. The molecule has 2 nitrogen and oxygen atoms in total. The third-order valence-electron chi connectivity index (χ3n) is 1.92. The number of rotatable bonds is 0. The summed E-state index contributed by atoms with van der Waals surface area (Å²) < 4.78 is -0.281. The van der Waals surface area contributed by atoms with E-state index in [4.69, 9.17) is 0 Å². The Bertz CT molecular complexity index is 165. The molecule has 1 aliphatic rings. The van der Waals surface area contributed by atoms with Crippen molar-refractivity contribution in [1.29, 1.82) is 0 Å². The highest BCUT2D eigenvalue weighted by Gasteiger charge is 2.45. The Morgan fingerprint density at radius 2 is 2.10 bits per heavy atom. The van der Waals surface area contributed by atoms with Crippen LogP contribution in [0.5, 0.6) is 0 Å². The lowest BCUT2D eigenvalue weighted by molar-refractivity contribution is -0.115. The molecular weight excluding hydrogens is 148 g/mol. The maximum atomic E-state index is 11.0. The second kappa shape index (κ2) is 2.24. The van der Waals surface area contributed by atoms with Crippen LogP contribution in [0.3, 0.4) is 0 Å². The van der Waals surface area contributed by atoms with Gasteiger partial charge >= 0.3 is 0 Å². The van der Waals surface area contributed by atoms with Crippen LogP contribution >= 0.6 is 11.8 Å². The molecule has 2 atom stereocenters. The molecule has 1 saturated heterocycles. The number of carbonyl (C=O) groups excluding carboxylic acids is 1. The number of aliphatic hydroxyl groups excluding tert-OH is 1. The average molecular weight is 160 g/mol. The summed E-state index contributed by atoms with van der Waals surface area (Å²) in [6.45, 7) is 5.56. The number of carbonyl (C=O) groups is 1. The lowest BCUT2D eigenvalue weighted by Gasteiger charge is -2.20. The lowest BCUT2D eigenvalue weighted by Crippen LogP contribution is -2.31. The molecule has 58 valence electrons. The van der Waals surface area contributed by atoms with Crippen LogP contribution < -0.4 is 0 Å². The number of aliphatic hydroxyl groups is 1. The molecule has 1 N–H and O–H groups in total. The van der Waals surface area contributed by atoms with Gasteiger partial charge in [0.05, 0.1) is 12.0 Å². The van der Waals surface area contributed by atoms with Gasteiger partial charge in [-0.05, 0) is 13.8 Å². The molecule has 2 unspecified atom stereocenters. The molecule has 3 heteroatoms. The van der Waals surface area contributed by atoms with Crippen molar-refractivity contribution in [2.75, 3.05) is 0 Å². The van der Waals surface area contributed by atoms with E-state index < -0.39 is 6.10 Å². The van der Waals surface area contributed by atoms with E-state index in [2.05, 4.69) is 0 Å². The molecule has 0 aromatic carbocycles. The highest BCUT2D eigenvalue weighted by molar-refractivity contribution is 8.15. The summed E-state index contributed by atoms with van der Waals surface area (Å²) in [5.74, 6) is -0.194. The molecule has 1 fully saturated rings. The molecule has 0 radical (unpaired) electrons. The molecule has 0 saturated carbocycles. The Morgan fingerprint density at radius 3 is 2.20 bits per heavy atom. The van der Waals surface area contributed by atoms with Gasteiger partial charge in [-0.2, -0.15) is 0 Å². The van der Waals surface area contributed by atoms with E-state index in [0.717, 1.165) is 0 Å². The first-order valence-electron chi connectivity index (χ1n) is 3.36. The van der Waals surface area contributed by atoms with Gasteiger partial charge in [-0.1, -0.05) is 18.7 Å². The molecular formula is C7H12O2S. The van der Waals surface area contributed by atoms with Gasteiger partial charge in [0.25, 0.3) is 0 Å². The second-order valence-electron chi connectivity index (χ2n) is 3.26. The molecule has 1 heterocycles. The van der Waals surface area contributed by atoms with Crippen molar-refractivity contribution in [3.63, 3.8) is 0 Å². The van der Waals surface area contributed by atoms with Crippen LogP contribution in [0.2, 0.25) is 0 Å². The summed E-state index contributed by atoms with van der Waals surface area (Å²) in [6.07, 6.45) is -0.481. The van der Waals surface area contributed by atoms with E-state index in [-0.39, 0.29) is 15.8 Å². The number of hydrogen-bond acceptors (Lipinski definition) is 3. The van der Waals surface area contributed by atoms with Crippen molar-refractivity contribution in [2.24, 2.45) is 5.92 Å². The minimum atomic E-state index is -0.481. The molecule has 0 aromatic rings. The summed E-state index contributed by atoms with van der Waals surface area (Å²) in [5, 5.41) is 9.56. The smallest absolute Gasteiger partial charge is 0.194 e. The fraction of sp³-hybridized carbons (Fsp3) is 0.857. The van der Waals surface area contributed by atoms with Gasteiger partial charge in [-0.3, -0.25) is 4.79 Å². The Morgan fingerprint density at radius 1 is 1.60 bits per heavy atom. The van der Waals surface area contributed by atoms with Crippen LogP contribution in [-0.4, -0.2) is 21.1 Å². The van der Waals surface area contributed by atoms with Gasteiger partial charge in [-0.15, -0.1) is 0 Å². The normalized spacial score (nSPS) is 38.6. The zero-order chi connectivity index (χ0) is 7.94. The van der Waals surface area contributed by atoms with Crippen molar-refractivity contribution in [3.8, 4) is 0 Å². The molecule has 0 spiro atoms. The highest BCUT2D eigenvalue weighted by Crippen LogP contribution is 2.41. The first-order valence-corrected chi connectivity index (χ1v) is 4.18. The monoisotopic (exact) mass is 160 g/mol. The van der Waals surface area contributed by atoms with E-state index in [1.807, 2.05) is 13.8 Å². The minimum absolute atomic E-state index is 0.109. The third kappa shape index (κ3) is 1.08. The molecule has 0 aromatic heterocycles. The Labute approximate surface area is 65.0 Å². The Balaban J connectivity index is 2.81. The maximum absolute atomic E-state index is 11.0. The van der Waals surface area contributed by atoms with Crippen LogP contribution in [0.1, 0.15) is 20.8 Å². The first kappa shape index (κ1) is 8.08. The summed E-state index contributed by atoms with van der Waals surface area (Å²) in [5.41, 5.74) is 0. The summed E-state index contributed by atoms with van der Waals surface area (Å²) in [4.78, 5) is 11.0. The fourth-order valence-corrected chi connectivity index (χ4v) is 2.30. The van der Waals surface area contributed by atoms with Crippen LogP contribution in [0.4, 0.5) is 0 Å². The van der Waals surface area contributed by atoms with Crippen LogP contribution in [-0.2, 0) is 4.79 Å². The number of thioether (sulfide) groups is 1. The van der Waals surface area contributed by atoms with E-state index in [1.165, 1.54) is 11.8 Å². The standard InChI is InChI=1S/C7H12O2S/c1-4-5(8)7(2,3)10-6(4)9/h4-5,8H,1-3H3. The second-order valence-corrected chi connectivity index (χ2v) is 4.92. The predicted molar refractivity (Wildman–Crippen MR) is 41.8 cm³/mol. The fourth-order valence-electron chi connectivity index (χ4n) is 1.14. The topological polar surface area (TPSA) is 37.3 Å². The van der Waals surface area contributed by atoms with Gasteiger partial charge in [-0.25, -0.2) is 0 Å². The predicted octanol–water partition coefficient (Wildman–Crippen LogP) is 1.04. The first-order chi connectivity index (χ1) is 4.45. The van der Waals surface area contributed by atoms with Gasteiger partial charge in [0.1, 0.15) is 0 Å². The quantitative estimate of drug-likeness (QED) is 0.575. The van der Waals surface area contributed by atoms with E-state index >= 15 is 0 Å². The Hall–Kier alpha value is -0.0200. The van der Waals surface area contributed by atoms with Crippen molar-refractivity contribution in [2.45, 2.75) is 31.6 Å². The summed E-state index contributed by atoms with van der Waals surface area (Å²) in [7, 11) is 0.